The minimum Gasteiger partial charge on any atom is -0.476 e. The Hall–Kier alpha value is -1.45. The summed E-state index contributed by atoms with van der Waals surface area (Å²) in [6, 6.07) is 3.91. The normalized spacial score (nSPS) is 20.2. The van der Waals surface area contributed by atoms with Gasteiger partial charge < -0.3 is 15.4 Å². The van der Waals surface area contributed by atoms with E-state index in [1.54, 1.807) is 0 Å². The second-order valence-corrected chi connectivity index (χ2v) is 6.98. The molecule has 0 spiro atoms. The van der Waals surface area contributed by atoms with Crippen LogP contribution < -0.4 is 15.4 Å². The SMILES string of the molecule is CCOc1nc(N2CCCC(C(C)(C)C)CC2)ccc1N. The Bertz CT molecular complexity index is 468. The highest BCUT2D eigenvalue weighted by Crippen LogP contribution is 2.35. The fourth-order valence-corrected chi connectivity index (χ4v) is 3.06. The van der Waals surface area contributed by atoms with Gasteiger partial charge in [-0.3, -0.25) is 0 Å². The van der Waals surface area contributed by atoms with Gasteiger partial charge in [0.05, 0.1) is 12.3 Å². The fraction of sp³-hybridized carbons (Fsp3) is 0.706. The maximum absolute atomic E-state index is 5.91. The van der Waals surface area contributed by atoms with E-state index in [9.17, 15) is 0 Å². The molecule has 2 heterocycles. The summed E-state index contributed by atoms with van der Waals surface area (Å²) in [5, 5.41) is 0. The van der Waals surface area contributed by atoms with Crippen molar-refractivity contribution in [3.8, 4) is 5.88 Å². The molecular formula is C17H29N3O. The van der Waals surface area contributed by atoms with Gasteiger partial charge in [-0.05, 0) is 49.7 Å². The highest BCUT2D eigenvalue weighted by atomic mass is 16.5. The van der Waals surface area contributed by atoms with Crippen LogP contribution in [0.4, 0.5) is 11.5 Å². The lowest BCUT2D eigenvalue weighted by molar-refractivity contribution is 0.220. The van der Waals surface area contributed by atoms with Crippen LogP contribution in [0.25, 0.3) is 0 Å². The number of nitrogen functional groups attached to an aromatic ring is 1. The molecule has 118 valence electrons. The molecular weight excluding hydrogens is 262 g/mol. The van der Waals surface area contributed by atoms with Crippen LogP contribution in [0.1, 0.15) is 47.0 Å². The van der Waals surface area contributed by atoms with Gasteiger partial charge in [0.1, 0.15) is 5.82 Å². The Morgan fingerprint density at radius 1 is 1.29 bits per heavy atom. The van der Waals surface area contributed by atoms with Crippen molar-refractivity contribution in [3.63, 3.8) is 0 Å². The number of aromatic nitrogens is 1. The predicted octanol–water partition coefficient (Wildman–Crippen LogP) is 3.72. The topological polar surface area (TPSA) is 51.4 Å². The number of anilines is 2. The van der Waals surface area contributed by atoms with Crippen LogP contribution in [0.15, 0.2) is 12.1 Å². The third-order valence-electron chi connectivity index (χ3n) is 4.43. The van der Waals surface area contributed by atoms with Gasteiger partial charge in [-0.25, -0.2) is 0 Å². The highest BCUT2D eigenvalue weighted by Gasteiger charge is 2.27. The van der Waals surface area contributed by atoms with Crippen molar-refractivity contribution in [1.29, 1.82) is 0 Å². The summed E-state index contributed by atoms with van der Waals surface area (Å²) >= 11 is 0. The summed E-state index contributed by atoms with van der Waals surface area (Å²) < 4.78 is 5.51. The molecule has 1 saturated heterocycles. The molecule has 4 nitrogen and oxygen atoms in total. The molecule has 1 fully saturated rings. The van der Waals surface area contributed by atoms with Crippen LogP contribution in [0.5, 0.6) is 5.88 Å². The monoisotopic (exact) mass is 291 g/mol. The molecule has 0 saturated carbocycles. The van der Waals surface area contributed by atoms with E-state index in [0.717, 1.165) is 24.8 Å². The van der Waals surface area contributed by atoms with Gasteiger partial charge >= 0.3 is 0 Å². The zero-order valence-electron chi connectivity index (χ0n) is 13.9. The molecule has 0 amide bonds. The van der Waals surface area contributed by atoms with Gasteiger partial charge in [0.2, 0.25) is 5.88 Å². The third-order valence-corrected chi connectivity index (χ3v) is 4.43. The largest absolute Gasteiger partial charge is 0.476 e. The van der Waals surface area contributed by atoms with Gasteiger partial charge in [-0.1, -0.05) is 20.8 Å². The van der Waals surface area contributed by atoms with Crippen molar-refractivity contribution in [2.45, 2.75) is 47.0 Å². The Kier molecular flexibility index (Phi) is 4.96. The first-order valence-corrected chi connectivity index (χ1v) is 8.06. The predicted molar refractivity (Wildman–Crippen MR) is 88.8 cm³/mol. The molecule has 1 aromatic rings. The van der Waals surface area contributed by atoms with Crippen LogP contribution in [-0.2, 0) is 0 Å². The lowest BCUT2D eigenvalue weighted by Crippen LogP contribution is -2.27. The summed E-state index contributed by atoms with van der Waals surface area (Å²) in [4.78, 5) is 6.96. The molecule has 1 aliphatic rings. The van der Waals surface area contributed by atoms with Crippen LogP contribution in [0, 0.1) is 11.3 Å². The quantitative estimate of drug-likeness (QED) is 0.922. The number of hydrogen-bond acceptors (Lipinski definition) is 4. The van der Waals surface area contributed by atoms with Crippen molar-refractivity contribution in [3.05, 3.63) is 12.1 Å². The smallest absolute Gasteiger partial charge is 0.239 e. The number of nitrogens with two attached hydrogens (primary N) is 1. The maximum atomic E-state index is 5.91. The van der Waals surface area contributed by atoms with Crippen LogP contribution in [-0.4, -0.2) is 24.7 Å². The summed E-state index contributed by atoms with van der Waals surface area (Å²) in [7, 11) is 0. The molecule has 4 heteroatoms. The number of ether oxygens (including phenoxy) is 1. The minimum absolute atomic E-state index is 0.390. The number of rotatable bonds is 3. The summed E-state index contributed by atoms with van der Waals surface area (Å²) in [6.45, 7) is 11.7. The molecule has 2 rings (SSSR count). The second-order valence-electron chi connectivity index (χ2n) is 6.98. The number of pyridine rings is 1. The van der Waals surface area contributed by atoms with Crippen molar-refractivity contribution in [2.24, 2.45) is 11.3 Å². The van der Waals surface area contributed by atoms with Crippen molar-refractivity contribution in [2.75, 3.05) is 30.3 Å². The minimum atomic E-state index is 0.390. The first-order chi connectivity index (χ1) is 9.91. The Morgan fingerprint density at radius 2 is 2.05 bits per heavy atom. The van der Waals surface area contributed by atoms with Crippen molar-refractivity contribution >= 4 is 11.5 Å². The van der Waals surface area contributed by atoms with E-state index in [1.807, 2.05) is 19.1 Å². The molecule has 0 aliphatic carbocycles. The van der Waals surface area contributed by atoms with Gasteiger partial charge in [0.15, 0.2) is 0 Å². The van der Waals surface area contributed by atoms with Gasteiger partial charge in [0, 0.05) is 13.1 Å². The molecule has 0 bridgehead atoms. The summed E-state index contributed by atoms with van der Waals surface area (Å²) in [5.41, 5.74) is 6.91. The van der Waals surface area contributed by atoms with Crippen molar-refractivity contribution < 1.29 is 4.74 Å². The zero-order chi connectivity index (χ0) is 15.5. The Balaban J connectivity index is 2.10. The summed E-state index contributed by atoms with van der Waals surface area (Å²) in [6.07, 6.45) is 3.74. The molecule has 1 aliphatic heterocycles. The third kappa shape index (κ3) is 4.02. The van der Waals surface area contributed by atoms with E-state index in [0.29, 0.717) is 23.6 Å². The lowest BCUT2D eigenvalue weighted by Gasteiger charge is -2.30. The standard InChI is InChI=1S/C17H29N3O/c1-5-21-16-14(18)8-9-15(19-16)20-11-6-7-13(10-12-20)17(2,3)4/h8-9,13H,5-7,10-12,18H2,1-4H3. The fourth-order valence-electron chi connectivity index (χ4n) is 3.06. The zero-order valence-corrected chi connectivity index (χ0v) is 13.9. The van der Waals surface area contributed by atoms with E-state index >= 15 is 0 Å². The first kappa shape index (κ1) is 15.9. The Labute approximate surface area is 128 Å². The number of nitrogens with zero attached hydrogens (tertiary/aromatic N) is 2. The van der Waals surface area contributed by atoms with Crippen molar-refractivity contribution in [1.82, 2.24) is 4.98 Å². The van der Waals surface area contributed by atoms with E-state index < -0.39 is 0 Å². The van der Waals surface area contributed by atoms with Crippen LogP contribution in [0.3, 0.4) is 0 Å². The van der Waals surface area contributed by atoms with E-state index in [-0.39, 0.29) is 0 Å². The average Bonchev–Trinajstić information content (AvgIpc) is 2.67. The molecule has 1 atom stereocenters. The molecule has 0 aromatic carbocycles. The molecule has 1 aromatic heterocycles. The molecule has 1 unspecified atom stereocenters. The van der Waals surface area contributed by atoms with Gasteiger partial charge in [-0.15, -0.1) is 0 Å². The highest BCUT2D eigenvalue weighted by molar-refractivity contribution is 5.54. The lowest BCUT2D eigenvalue weighted by atomic mass is 9.77. The maximum Gasteiger partial charge on any atom is 0.239 e. The Morgan fingerprint density at radius 3 is 2.71 bits per heavy atom. The van der Waals surface area contributed by atoms with E-state index in [2.05, 4.69) is 30.7 Å². The second kappa shape index (κ2) is 6.54. The first-order valence-electron chi connectivity index (χ1n) is 8.06. The molecule has 2 N–H and O–H groups in total. The van der Waals surface area contributed by atoms with Gasteiger partial charge in [0.25, 0.3) is 0 Å². The van der Waals surface area contributed by atoms with Crippen LogP contribution >= 0.6 is 0 Å². The molecule has 21 heavy (non-hydrogen) atoms. The molecule has 0 radical (unpaired) electrons. The summed E-state index contributed by atoms with van der Waals surface area (Å²) in [5.74, 6) is 2.33. The van der Waals surface area contributed by atoms with Crippen LogP contribution in [0.2, 0.25) is 0 Å². The average molecular weight is 291 g/mol. The van der Waals surface area contributed by atoms with E-state index in [1.165, 1.54) is 19.3 Å². The number of hydrogen-bond donors (Lipinski definition) is 1. The van der Waals surface area contributed by atoms with Gasteiger partial charge in [-0.2, -0.15) is 4.98 Å². The van der Waals surface area contributed by atoms with E-state index in [4.69, 9.17) is 10.5 Å².